The van der Waals surface area contributed by atoms with Crippen LogP contribution in [0.15, 0.2) is 53.7 Å². The number of nitrogens with zero attached hydrogens (tertiary/aromatic N) is 2. The summed E-state index contributed by atoms with van der Waals surface area (Å²) in [4.78, 5) is 31.8. The lowest BCUT2D eigenvalue weighted by Gasteiger charge is -2.24. The van der Waals surface area contributed by atoms with Crippen molar-refractivity contribution in [2.45, 2.75) is 17.4 Å². The number of hydrogen-bond donors (Lipinski definition) is 1. The molecule has 1 aromatic heterocycles. The highest BCUT2D eigenvalue weighted by atomic mass is 32.2. The number of carbonyl (C=O) groups excluding carboxylic acids is 2. The van der Waals surface area contributed by atoms with Gasteiger partial charge in [0.1, 0.15) is 0 Å². The summed E-state index contributed by atoms with van der Waals surface area (Å²) in [6.07, 6.45) is 5.58. The van der Waals surface area contributed by atoms with Crippen LogP contribution in [0.25, 0.3) is 0 Å². The number of aromatic nitrogens is 1. The molecule has 0 bridgehead atoms. The molecule has 0 radical (unpaired) electrons. The van der Waals surface area contributed by atoms with Crippen LogP contribution in [-0.2, 0) is 9.59 Å². The molecule has 0 spiro atoms. The second kappa shape index (κ2) is 7.05. The summed E-state index contributed by atoms with van der Waals surface area (Å²) >= 11 is 1.58. The zero-order chi connectivity index (χ0) is 17.1. The third-order valence-corrected chi connectivity index (χ3v) is 5.11. The monoisotopic (exact) mass is 341 g/mol. The van der Waals surface area contributed by atoms with Crippen LogP contribution in [0.4, 0.5) is 5.69 Å². The fraction of sp³-hybridized carbons (Fsp3) is 0.278. The minimum Gasteiger partial charge on any atom is -0.338 e. The van der Waals surface area contributed by atoms with Gasteiger partial charge in [0.15, 0.2) is 0 Å². The number of nitrogens with one attached hydrogen (secondary N) is 1. The van der Waals surface area contributed by atoms with Crippen molar-refractivity contribution < 1.29 is 9.59 Å². The van der Waals surface area contributed by atoms with Gasteiger partial charge in [0.25, 0.3) is 0 Å². The number of thioether (sulfide) groups is 1. The van der Waals surface area contributed by atoms with Gasteiger partial charge in [-0.25, -0.2) is 0 Å². The van der Waals surface area contributed by atoms with E-state index < -0.39 is 5.92 Å². The normalized spacial score (nSPS) is 20.2. The highest BCUT2D eigenvalue weighted by Gasteiger charge is 2.42. The number of carbonyl (C=O) groups is 2. The van der Waals surface area contributed by atoms with Gasteiger partial charge in [-0.05, 0) is 30.0 Å². The lowest BCUT2D eigenvalue weighted by molar-refractivity contribution is -0.127. The largest absolute Gasteiger partial charge is 0.338 e. The molecule has 2 amide bonds. The molecule has 5 nitrogen and oxygen atoms in total. The first kappa shape index (κ1) is 16.5. The second-order valence-corrected chi connectivity index (χ2v) is 6.58. The maximum atomic E-state index is 12.8. The fourth-order valence-electron chi connectivity index (χ4n) is 3.09. The number of hydrogen-bond acceptors (Lipinski definition) is 4. The number of amides is 2. The summed E-state index contributed by atoms with van der Waals surface area (Å²) in [6, 6.07) is 11.1. The smallest absolute Gasteiger partial charge is 0.230 e. The van der Waals surface area contributed by atoms with E-state index in [1.54, 1.807) is 36.1 Å². The molecule has 0 saturated carbocycles. The summed E-state index contributed by atoms with van der Waals surface area (Å²) in [7, 11) is 1.74. The Bertz CT molecular complexity index is 751. The molecule has 6 heteroatoms. The molecule has 0 aliphatic carbocycles. The molecule has 0 unspecified atom stereocenters. The second-order valence-electron chi connectivity index (χ2n) is 5.74. The Balaban J connectivity index is 1.86. The minimum absolute atomic E-state index is 0.0258. The van der Waals surface area contributed by atoms with Gasteiger partial charge in [0.2, 0.25) is 11.8 Å². The maximum Gasteiger partial charge on any atom is 0.230 e. The van der Waals surface area contributed by atoms with Crippen LogP contribution in [0.1, 0.15) is 18.0 Å². The van der Waals surface area contributed by atoms with Crippen LogP contribution in [0.2, 0.25) is 0 Å². The van der Waals surface area contributed by atoms with Crippen LogP contribution in [0.5, 0.6) is 0 Å². The molecule has 124 valence electrons. The van der Waals surface area contributed by atoms with E-state index in [2.05, 4.69) is 10.3 Å². The van der Waals surface area contributed by atoms with Crippen molar-refractivity contribution in [3.63, 3.8) is 0 Å². The summed E-state index contributed by atoms with van der Waals surface area (Å²) in [5, 5.41) is 2.99. The molecule has 2 atom stereocenters. The molecule has 2 heterocycles. The van der Waals surface area contributed by atoms with Gasteiger partial charge in [-0.15, -0.1) is 11.8 Å². The van der Waals surface area contributed by atoms with Gasteiger partial charge in [-0.3, -0.25) is 14.6 Å². The molecule has 1 fully saturated rings. The van der Waals surface area contributed by atoms with E-state index in [0.717, 1.165) is 16.1 Å². The SMILES string of the molecule is CSc1ccccc1NC(=O)[C@H]1CC(=O)N(C)[C@H]1c1cccnc1. The molecule has 1 N–H and O–H groups in total. The molecule has 1 aliphatic heterocycles. The highest BCUT2D eigenvalue weighted by Crippen LogP contribution is 2.37. The van der Waals surface area contributed by atoms with Gasteiger partial charge in [-0.2, -0.15) is 0 Å². The molecule has 1 aliphatic rings. The van der Waals surface area contributed by atoms with E-state index in [-0.39, 0.29) is 24.3 Å². The number of pyridine rings is 1. The van der Waals surface area contributed by atoms with Crippen LogP contribution in [0.3, 0.4) is 0 Å². The van der Waals surface area contributed by atoms with Crippen molar-refractivity contribution in [3.8, 4) is 0 Å². The first-order valence-electron chi connectivity index (χ1n) is 7.71. The molecule has 1 saturated heterocycles. The number of para-hydroxylation sites is 1. The standard InChI is InChI=1S/C18H19N3O2S/c1-21-16(22)10-13(17(21)12-6-5-9-19-11-12)18(23)20-14-7-3-4-8-15(14)24-2/h3-9,11,13,17H,10H2,1-2H3,(H,20,23)/t13-,17-/m0/s1. The van der Waals surface area contributed by atoms with E-state index >= 15 is 0 Å². The quantitative estimate of drug-likeness (QED) is 0.869. The van der Waals surface area contributed by atoms with Crippen LogP contribution >= 0.6 is 11.8 Å². The third kappa shape index (κ3) is 3.14. The Labute approximate surface area is 145 Å². The molecule has 24 heavy (non-hydrogen) atoms. The van der Waals surface area contributed by atoms with Gasteiger partial charge >= 0.3 is 0 Å². The lowest BCUT2D eigenvalue weighted by Crippen LogP contribution is -2.30. The van der Waals surface area contributed by atoms with Crippen molar-refractivity contribution in [3.05, 3.63) is 54.4 Å². The summed E-state index contributed by atoms with van der Waals surface area (Å²) in [5.41, 5.74) is 1.66. The maximum absolute atomic E-state index is 12.8. The summed E-state index contributed by atoms with van der Waals surface area (Å²) < 4.78 is 0. The van der Waals surface area contributed by atoms with Gasteiger partial charge in [0, 0.05) is 30.8 Å². The number of anilines is 1. The Morgan fingerprint density at radius 3 is 2.79 bits per heavy atom. The predicted molar refractivity (Wildman–Crippen MR) is 94.7 cm³/mol. The molecule has 2 aromatic rings. The Hall–Kier alpha value is -2.34. The zero-order valence-electron chi connectivity index (χ0n) is 13.6. The van der Waals surface area contributed by atoms with E-state index in [1.165, 1.54) is 0 Å². The fourth-order valence-corrected chi connectivity index (χ4v) is 3.64. The van der Waals surface area contributed by atoms with Crippen molar-refractivity contribution in [2.75, 3.05) is 18.6 Å². The number of rotatable bonds is 4. The third-order valence-electron chi connectivity index (χ3n) is 4.31. The van der Waals surface area contributed by atoms with Crippen LogP contribution < -0.4 is 5.32 Å². The van der Waals surface area contributed by atoms with E-state index in [0.29, 0.717) is 0 Å². The summed E-state index contributed by atoms with van der Waals surface area (Å²) in [5.74, 6) is -0.591. The highest BCUT2D eigenvalue weighted by molar-refractivity contribution is 7.98. The van der Waals surface area contributed by atoms with Crippen LogP contribution in [0, 0.1) is 5.92 Å². The van der Waals surface area contributed by atoms with E-state index in [4.69, 9.17) is 0 Å². The number of likely N-dealkylation sites (tertiary alicyclic amines) is 1. The predicted octanol–water partition coefficient (Wildman–Crippen LogP) is 2.96. The number of benzene rings is 1. The van der Waals surface area contributed by atoms with Gasteiger partial charge in [0.05, 0.1) is 17.6 Å². The van der Waals surface area contributed by atoms with Crippen molar-refractivity contribution in [1.29, 1.82) is 0 Å². The molecule has 1 aromatic carbocycles. The molecular weight excluding hydrogens is 322 g/mol. The van der Waals surface area contributed by atoms with E-state index in [1.807, 2.05) is 42.7 Å². The van der Waals surface area contributed by atoms with Crippen LogP contribution in [-0.4, -0.2) is 35.0 Å². The summed E-state index contributed by atoms with van der Waals surface area (Å²) in [6.45, 7) is 0. The van der Waals surface area contributed by atoms with Crippen molar-refractivity contribution >= 4 is 29.3 Å². The minimum atomic E-state index is -0.429. The molecule has 3 rings (SSSR count). The lowest BCUT2D eigenvalue weighted by atomic mass is 9.94. The topological polar surface area (TPSA) is 62.3 Å². The first-order chi connectivity index (χ1) is 11.6. The zero-order valence-corrected chi connectivity index (χ0v) is 14.4. The van der Waals surface area contributed by atoms with Gasteiger partial charge < -0.3 is 10.2 Å². The molecular formula is C18H19N3O2S. The Kier molecular flexibility index (Phi) is 4.85. The van der Waals surface area contributed by atoms with E-state index in [9.17, 15) is 9.59 Å². The van der Waals surface area contributed by atoms with Crippen molar-refractivity contribution in [2.24, 2.45) is 5.92 Å². The first-order valence-corrected chi connectivity index (χ1v) is 8.93. The Morgan fingerprint density at radius 1 is 1.29 bits per heavy atom. The Morgan fingerprint density at radius 2 is 2.08 bits per heavy atom. The van der Waals surface area contributed by atoms with Crippen molar-refractivity contribution in [1.82, 2.24) is 9.88 Å². The van der Waals surface area contributed by atoms with Gasteiger partial charge in [-0.1, -0.05) is 18.2 Å². The average molecular weight is 341 g/mol. The average Bonchev–Trinajstić information content (AvgIpc) is 2.91.